The van der Waals surface area contributed by atoms with Gasteiger partial charge in [-0.3, -0.25) is 0 Å². The molecule has 8 nitrogen and oxygen atoms in total. The van der Waals surface area contributed by atoms with Crippen molar-refractivity contribution in [2.75, 3.05) is 20.1 Å². The van der Waals surface area contributed by atoms with E-state index in [1.54, 1.807) is 11.9 Å². The number of rotatable bonds is 4. The van der Waals surface area contributed by atoms with Crippen LogP contribution in [0.4, 0.5) is 4.79 Å². The zero-order valence-corrected chi connectivity index (χ0v) is 14.8. The van der Waals surface area contributed by atoms with Gasteiger partial charge in [-0.05, 0) is 39.7 Å². The summed E-state index contributed by atoms with van der Waals surface area (Å²) in [5, 5.41) is 8.98. The van der Waals surface area contributed by atoms with E-state index in [2.05, 4.69) is 0 Å². The summed E-state index contributed by atoms with van der Waals surface area (Å²) in [6.07, 6.45) is 3.47. The van der Waals surface area contributed by atoms with Gasteiger partial charge in [-0.2, -0.15) is 0 Å². The summed E-state index contributed by atoms with van der Waals surface area (Å²) in [4.78, 5) is 26.5. The van der Waals surface area contributed by atoms with Gasteiger partial charge < -0.3 is 31.1 Å². The summed E-state index contributed by atoms with van der Waals surface area (Å²) in [6.45, 7) is 6.64. The molecule has 1 rings (SSSR count). The third-order valence-electron chi connectivity index (χ3n) is 3.80. The molecule has 1 saturated heterocycles. The maximum Gasteiger partial charge on any atom is 0.410 e. The Hall–Kier alpha value is -2.38. The Morgan fingerprint density at radius 2 is 1.83 bits per heavy atom. The molecule has 136 valence electrons. The second-order valence-corrected chi connectivity index (χ2v) is 6.81. The highest BCUT2D eigenvalue weighted by molar-refractivity contribution is 5.89. The minimum Gasteiger partial charge on any atom is -0.478 e. The second-order valence-electron chi connectivity index (χ2n) is 6.81. The lowest BCUT2D eigenvalue weighted by Crippen LogP contribution is -2.47. The molecule has 0 aromatic carbocycles. The fraction of sp³-hybridized carbons (Fsp3) is 0.625. The van der Waals surface area contributed by atoms with Gasteiger partial charge in [0.2, 0.25) is 0 Å². The van der Waals surface area contributed by atoms with Crippen LogP contribution in [0.5, 0.6) is 0 Å². The van der Waals surface area contributed by atoms with Crippen molar-refractivity contribution in [2.45, 2.75) is 45.3 Å². The molecule has 1 aliphatic heterocycles. The number of carboxylic acid groups (broad SMARTS) is 1. The quantitative estimate of drug-likeness (QED) is 0.516. The first kappa shape index (κ1) is 19.7. The van der Waals surface area contributed by atoms with Gasteiger partial charge in [0.15, 0.2) is 0 Å². The van der Waals surface area contributed by atoms with Crippen molar-refractivity contribution >= 4 is 12.1 Å². The predicted molar refractivity (Wildman–Crippen MR) is 90.8 cm³/mol. The molecular formula is C16H28N4O4. The maximum atomic E-state index is 12.1. The maximum absolute atomic E-state index is 12.1. The molecule has 1 aliphatic rings. The van der Waals surface area contributed by atoms with Gasteiger partial charge in [0.25, 0.3) is 0 Å². The summed E-state index contributed by atoms with van der Waals surface area (Å²) in [6, 6.07) is 0.118. The Labute approximate surface area is 142 Å². The summed E-state index contributed by atoms with van der Waals surface area (Å²) >= 11 is 0. The Morgan fingerprint density at radius 1 is 1.29 bits per heavy atom. The van der Waals surface area contributed by atoms with Gasteiger partial charge in [-0.25, -0.2) is 9.59 Å². The number of carbonyl (C=O) groups is 2. The molecule has 8 heteroatoms. The molecule has 0 spiro atoms. The topological polar surface area (TPSA) is 122 Å². The van der Waals surface area contributed by atoms with E-state index < -0.39 is 11.6 Å². The zero-order chi connectivity index (χ0) is 18.5. The number of carbonyl (C=O) groups excluding carboxylic acids is 1. The Kier molecular flexibility index (Phi) is 6.51. The first-order chi connectivity index (χ1) is 11.0. The molecule has 0 aromatic heterocycles. The standard InChI is InChI=1S/C16H28N4O4/c1-16(2,3)24-15(23)20-7-5-12(6-8-20)19(4)13(18)9-11(10-17)14(21)22/h9-10,12H,5-8,17-18H2,1-4H3,(H,21,22)/b11-10+,13-9+. The van der Waals surface area contributed by atoms with Crippen LogP contribution in [0.15, 0.2) is 23.7 Å². The van der Waals surface area contributed by atoms with Crippen LogP contribution < -0.4 is 11.5 Å². The number of amides is 1. The van der Waals surface area contributed by atoms with Gasteiger partial charge in [0, 0.05) is 32.4 Å². The predicted octanol–water partition coefficient (Wildman–Crippen LogP) is 1.05. The van der Waals surface area contributed by atoms with E-state index in [4.69, 9.17) is 21.3 Å². The lowest BCUT2D eigenvalue weighted by Gasteiger charge is -2.38. The Bertz CT molecular complexity index is 529. The van der Waals surface area contributed by atoms with E-state index in [1.165, 1.54) is 6.08 Å². The van der Waals surface area contributed by atoms with Crippen LogP contribution in [0, 0.1) is 0 Å². The van der Waals surface area contributed by atoms with Crippen molar-refractivity contribution in [3.8, 4) is 0 Å². The van der Waals surface area contributed by atoms with E-state index in [-0.39, 0.29) is 17.7 Å². The molecule has 1 fully saturated rings. The molecule has 0 atom stereocenters. The molecule has 24 heavy (non-hydrogen) atoms. The smallest absolute Gasteiger partial charge is 0.410 e. The van der Waals surface area contributed by atoms with Crippen LogP contribution in [-0.4, -0.2) is 58.7 Å². The SMILES string of the molecule is CN(/C(N)=C/C(=C\N)C(=O)O)C1CCN(C(=O)OC(C)(C)C)CC1. The van der Waals surface area contributed by atoms with E-state index >= 15 is 0 Å². The van der Waals surface area contributed by atoms with E-state index in [0.717, 1.165) is 19.0 Å². The van der Waals surface area contributed by atoms with Crippen molar-refractivity contribution < 1.29 is 19.4 Å². The summed E-state index contributed by atoms with van der Waals surface area (Å²) in [5.41, 5.74) is 10.7. The lowest BCUT2D eigenvalue weighted by molar-refractivity contribution is -0.132. The van der Waals surface area contributed by atoms with Gasteiger partial charge in [0.05, 0.1) is 11.4 Å². The molecule has 0 aliphatic carbocycles. The van der Waals surface area contributed by atoms with Crippen molar-refractivity contribution in [3.05, 3.63) is 23.7 Å². The number of carboxylic acids is 1. The minimum atomic E-state index is -1.13. The molecular weight excluding hydrogens is 312 g/mol. The number of hydrogen-bond donors (Lipinski definition) is 3. The van der Waals surface area contributed by atoms with Crippen LogP contribution in [0.25, 0.3) is 0 Å². The largest absolute Gasteiger partial charge is 0.478 e. The fourth-order valence-corrected chi connectivity index (χ4v) is 2.42. The molecule has 0 unspecified atom stereocenters. The number of hydrogen-bond acceptors (Lipinski definition) is 6. The Balaban J connectivity index is 2.62. The molecule has 0 radical (unpaired) electrons. The van der Waals surface area contributed by atoms with Crippen molar-refractivity contribution in [2.24, 2.45) is 11.5 Å². The number of nitrogens with zero attached hydrogens (tertiary/aromatic N) is 2. The van der Waals surface area contributed by atoms with Gasteiger partial charge in [0.1, 0.15) is 5.60 Å². The van der Waals surface area contributed by atoms with Crippen molar-refractivity contribution in [1.82, 2.24) is 9.80 Å². The first-order valence-electron chi connectivity index (χ1n) is 7.88. The average Bonchev–Trinajstić information content (AvgIpc) is 2.49. The third-order valence-corrected chi connectivity index (χ3v) is 3.80. The fourth-order valence-electron chi connectivity index (χ4n) is 2.42. The number of likely N-dealkylation sites (tertiary alicyclic amines) is 1. The molecule has 5 N–H and O–H groups in total. The van der Waals surface area contributed by atoms with Crippen LogP contribution >= 0.6 is 0 Å². The van der Waals surface area contributed by atoms with Crippen LogP contribution in [-0.2, 0) is 9.53 Å². The number of aliphatic carboxylic acids is 1. The number of nitrogens with two attached hydrogens (primary N) is 2. The molecule has 1 heterocycles. The molecule has 0 bridgehead atoms. The van der Waals surface area contributed by atoms with Crippen molar-refractivity contribution in [1.29, 1.82) is 0 Å². The highest BCUT2D eigenvalue weighted by Gasteiger charge is 2.28. The first-order valence-corrected chi connectivity index (χ1v) is 7.88. The highest BCUT2D eigenvalue weighted by Crippen LogP contribution is 2.20. The molecule has 1 amide bonds. The summed E-state index contributed by atoms with van der Waals surface area (Å²) < 4.78 is 5.36. The van der Waals surface area contributed by atoms with Crippen LogP contribution in [0.1, 0.15) is 33.6 Å². The lowest BCUT2D eigenvalue weighted by atomic mass is 10.0. The third kappa shape index (κ3) is 5.68. The van der Waals surface area contributed by atoms with Crippen LogP contribution in [0.3, 0.4) is 0 Å². The van der Waals surface area contributed by atoms with E-state index in [9.17, 15) is 9.59 Å². The minimum absolute atomic E-state index is 0.0643. The molecule has 0 aromatic rings. The van der Waals surface area contributed by atoms with Crippen LogP contribution in [0.2, 0.25) is 0 Å². The number of ether oxygens (including phenoxy) is 1. The highest BCUT2D eigenvalue weighted by atomic mass is 16.6. The molecule has 0 saturated carbocycles. The number of piperidine rings is 1. The second kappa shape index (κ2) is 7.94. The zero-order valence-electron chi connectivity index (χ0n) is 14.8. The summed E-state index contributed by atoms with van der Waals surface area (Å²) in [5.74, 6) is -0.807. The van der Waals surface area contributed by atoms with E-state index in [0.29, 0.717) is 18.9 Å². The van der Waals surface area contributed by atoms with Gasteiger partial charge in [-0.15, -0.1) is 0 Å². The monoisotopic (exact) mass is 340 g/mol. The van der Waals surface area contributed by atoms with Gasteiger partial charge in [-0.1, -0.05) is 0 Å². The van der Waals surface area contributed by atoms with Gasteiger partial charge >= 0.3 is 12.1 Å². The Morgan fingerprint density at radius 3 is 2.25 bits per heavy atom. The van der Waals surface area contributed by atoms with E-state index in [1.807, 2.05) is 25.7 Å². The summed E-state index contributed by atoms with van der Waals surface area (Å²) in [7, 11) is 1.80. The normalized spacial score (nSPS) is 17.6. The average molecular weight is 340 g/mol. The van der Waals surface area contributed by atoms with Crippen molar-refractivity contribution in [3.63, 3.8) is 0 Å².